The highest BCUT2D eigenvalue weighted by Gasteiger charge is 2.03. The molecular weight excluding hydrogens is 431 g/mol. The van der Waals surface area contributed by atoms with Crippen LogP contribution in [0.2, 0.25) is 0 Å². The normalized spacial score (nSPS) is 11.4. The second-order valence-corrected chi connectivity index (χ2v) is 5.43. The van der Waals surface area contributed by atoms with Gasteiger partial charge in [0.15, 0.2) is 5.96 Å². The lowest BCUT2D eigenvalue weighted by atomic mass is 10.3. The lowest BCUT2D eigenvalue weighted by Gasteiger charge is -2.11. The van der Waals surface area contributed by atoms with E-state index in [1.54, 1.807) is 18.1 Å². The van der Waals surface area contributed by atoms with Gasteiger partial charge < -0.3 is 15.2 Å². The predicted octanol–water partition coefficient (Wildman–Crippen LogP) is 1.54. The number of halogens is 1. The summed E-state index contributed by atoms with van der Waals surface area (Å²) in [6, 6.07) is 8.17. The number of benzene rings is 1. The molecule has 25 heavy (non-hydrogen) atoms. The van der Waals surface area contributed by atoms with Crippen molar-refractivity contribution in [2.45, 2.75) is 19.5 Å². The van der Waals surface area contributed by atoms with Crippen molar-refractivity contribution in [2.75, 3.05) is 13.6 Å². The number of aromatic nitrogens is 5. The molecule has 0 fully saturated rings. The van der Waals surface area contributed by atoms with E-state index in [-0.39, 0.29) is 24.0 Å². The summed E-state index contributed by atoms with van der Waals surface area (Å²) in [5, 5.41) is 10.6. The van der Waals surface area contributed by atoms with E-state index in [0.29, 0.717) is 6.54 Å². The molecule has 0 spiro atoms. The molecule has 3 aromatic rings. The smallest absolute Gasteiger partial charge is 0.191 e. The van der Waals surface area contributed by atoms with Crippen LogP contribution in [-0.2, 0) is 20.1 Å². The van der Waals surface area contributed by atoms with Gasteiger partial charge in [-0.05, 0) is 18.6 Å². The number of guanidine groups is 1. The monoisotopic (exact) mass is 454 g/mol. The van der Waals surface area contributed by atoms with E-state index in [9.17, 15) is 0 Å². The first kappa shape index (κ1) is 19.2. The van der Waals surface area contributed by atoms with E-state index < -0.39 is 0 Å². The molecule has 9 heteroatoms. The number of fused-ring (bicyclic) bond motifs is 1. The van der Waals surface area contributed by atoms with Gasteiger partial charge in [-0.25, -0.2) is 9.97 Å². The van der Waals surface area contributed by atoms with Gasteiger partial charge in [0.25, 0.3) is 0 Å². The zero-order chi connectivity index (χ0) is 16.8. The number of imidazole rings is 1. The standard InChI is InChI=1S/C16H22N8.HI/c1-17-16(19-10-15-20-11-22-23(15)2)18-8-5-9-24-12-21-13-6-3-4-7-14(13)24;/h3-4,6-7,11-12H,5,8-10H2,1-2H3,(H2,17,18,19);1H. The molecule has 0 bridgehead atoms. The minimum atomic E-state index is 0. The topological polar surface area (TPSA) is 84.9 Å². The molecule has 0 atom stereocenters. The molecule has 1 aromatic carbocycles. The average molecular weight is 454 g/mol. The summed E-state index contributed by atoms with van der Waals surface area (Å²) in [5.41, 5.74) is 2.20. The van der Waals surface area contributed by atoms with Gasteiger partial charge in [-0.1, -0.05) is 12.1 Å². The molecule has 2 N–H and O–H groups in total. The molecule has 8 nitrogen and oxygen atoms in total. The molecular formula is C16H23IN8. The fraction of sp³-hybridized carbons (Fsp3) is 0.375. The second-order valence-electron chi connectivity index (χ2n) is 5.43. The Morgan fingerprint density at radius 2 is 2.04 bits per heavy atom. The van der Waals surface area contributed by atoms with Crippen LogP contribution in [0.4, 0.5) is 0 Å². The highest BCUT2D eigenvalue weighted by Crippen LogP contribution is 2.11. The molecule has 0 saturated carbocycles. The summed E-state index contributed by atoms with van der Waals surface area (Å²) in [7, 11) is 3.63. The van der Waals surface area contributed by atoms with Gasteiger partial charge in [-0.2, -0.15) is 5.10 Å². The molecule has 3 rings (SSSR count). The Balaban J connectivity index is 0.00000225. The van der Waals surface area contributed by atoms with E-state index in [2.05, 4.69) is 41.3 Å². The van der Waals surface area contributed by atoms with Crippen molar-refractivity contribution in [3.63, 3.8) is 0 Å². The Hall–Kier alpha value is -2.17. The first-order valence-electron chi connectivity index (χ1n) is 7.95. The minimum Gasteiger partial charge on any atom is -0.356 e. The minimum absolute atomic E-state index is 0. The van der Waals surface area contributed by atoms with E-state index in [4.69, 9.17) is 0 Å². The van der Waals surface area contributed by atoms with Crippen molar-refractivity contribution in [2.24, 2.45) is 12.0 Å². The second kappa shape index (κ2) is 9.35. The fourth-order valence-corrected chi connectivity index (χ4v) is 2.51. The molecule has 0 saturated heterocycles. The summed E-state index contributed by atoms with van der Waals surface area (Å²) >= 11 is 0. The van der Waals surface area contributed by atoms with Crippen LogP contribution in [0, 0.1) is 0 Å². The van der Waals surface area contributed by atoms with Crippen LogP contribution in [0.3, 0.4) is 0 Å². The maximum absolute atomic E-state index is 4.41. The van der Waals surface area contributed by atoms with Gasteiger partial charge in [0.05, 0.1) is 23.9 Å². The quantitative estimate of drug-likeness (QED) is 0.256. The van der Waals surface area contributed by atoms with Gasteiger partial charge in [0, 0.05) is 27.2 Å². The van der Waals surface area contributed by atoms with Crippen molar-refractivity contribution < 1.29 is 0 Å². The van der Waals surface area contributed by atoms with Crippen molar-refractivity contribution in [1.82, 2.24) is 34.9 Å². The maximum Gasteiger partial charge on any atom is 0.191 e. The van der Waals surface area contributed by atoms with E-state index in [1.165, 1.54) is 5.52 Å². The van der Waals surface area contributed by atoms with Gasteiger partial charge in [-0.3, -0.25) is 9.67 Å². The highest BCUT2D eigenvalue weighted by molar-refractivity contribution is 14.0. The number of hydrogen-bond donors (Lipinski definition) is 2. The molecule has 0 aliphatic carbocycles. The zero-order valence-corrected chi connectivity index (χ0v) is 16.7. The van der Waals surface area contributed by atoms with Crippen molar-refractivity contribution >= 4 is 41.0 Å². The summed E-state index contributed by atoms with van der Waals surface area (Å²) in [4.78, 5) is 12.8. The number of nitrogens with zero attached hydrogens (tertiary/aromatic N) is 6. The third-order valence-corrected chi connectivity index (χ3v) is 3.84. The number of para-hydroxylation sites is 2. The van der Waals surface area contributed by atoms with Crippen LogP contribution < -0.4 is 10.6 Å². The average Bonchev–Trinajstić information content (AvgIpc) is 3.21. The van der Waals surface area contributed by atoms with Gasteiger partial charge in [-0.15, -0.1) is 24.0 Å². The summed E-state index contributed by atoms with van der Waals surface area (Å²) in [6.45, 7) is 2.32. The number of hydrogen-bond acceptors (Lipinski definition) is 4. The molecule has 0 unspecified atom stereocenters. The largest absolute Gasteiger partial charge is 0.356 e. The van der Waals surface area contributed by atoms with Crippen LogP contribution in [0.25, 0.3) is 11.0 Å². The predicted molar refractivity (Wildman–Crippen MR) is 109 cm³/mol. The molecule has 0 radical (unpaired) electrons. The first-order valence-corrected chi connectivity index (χ1v) is 7.95. The maximum atomic E-state index is 4.41. The molecule has 0 amide bonds. The Morgan fingerprint density at radius 1 is 1.20 bits per heavy atom. The lowest BCUT2D eigenvalue weighted by molar-refractivity contribution is 0.631. The van der Waals surface area contributed by atoms with Crippen LogP contribution in [0.5, 0.6) is 0 Å². The Bertz CT molecular complexity index is 822. The van der Waals surface area contributed by atoms with Crippen molar-refractivity contribution in [3.05, 3.63) is 42.7 Å². The first-order chi connectivity index (χ1) is 11.8. The van der Waals surface area contributed by atoms with Crippen molar-refractivity contribution in [1.29, 1.82) is 0 Å². The van der Waals surface area contributed by atoms with Gasteiger partial charge >= 0.3 is 0 Å². The Kier molecular flexibility index (Phi) is 7.16. The molecule has 134 valence electrons. The van der Waals surface area contributed by atoms with Crippen LogP contribution in [0.1, 0.15) is 12.2 Å². The third-order valence-electron chi connectivity index (χ3n) is 3.84. The Labute approximate surface area is 163 Å². The lowest BCUT2D eigenvalue weighted by Crippen LogP contribution is -2.38. The van der Waals surface area contributed by atoms with Crippen LogP contribution in [-0.4, -0.2) is 43.9 Å². The van der Waals surface area contributed by atoms with Crippen LogP contribution >= 0.6 is 24.0 Å². The fourth-order valence-electron chi connectivity index (χ4n) is 2.51. The summed E-state index contributed by atoms with van der Waals surface area (Å²) < 4.78 is 3.91. The highest BCUT2D eigenvalue weighted by atomic mass is 127. The molecule has 2 heterocycles. The van der Waals surface area contributed by atoms with E-state index in [0.717, 1.165) is 36.8 Å². The van der Waals surface area contributed by atoms with Crippen LogP contribution in [0.15, 0.2) is 41.9 Å². The summed E-state index contributed by atoms with van der Waals surface area (Å²) in [6.07, 6.45) is 4.42. The van der Waals surface area contributed by atoms with Gasteiger partial charge in [0.2, 0.25) is 0 Å². The van der Waals surface area contributed by atoms with E-state index in [1.807, 2.05) is 31.6 Å². The summed E-state index contributed by atoms with van der Waals surface area (Å²) in [5.74, 6) is 1.62. The zero-order valence-electron chi connectivity index (χ0n) is 14.4. The number of aryl methyl sites for hydroxylation is 2. The van der Waals surface area contributed by atoms with Gasteiger partial charge in [0.1, 0.15) is 12.2 Å². The SMILES string of the molecule is CN=C(NCCCn1cnc2ccccc21)NCc1ncnn1C.I. The number of aliphatic imine (C=N–C) groups is 1. The van der Waals surface area contributed by atoms with E-state index >= 15 is 0 Å². The number of rotatable bonds is 6. The molecule has 2 aromatic heterocycles. The molecule has 0 aliphatic heterocycles. The number of nitrogens with one attached hydrogen (secondary N) is 2. The van der Waals surface area contributed by atoms with Crippen molar-refractivity contribution in [3.8, 4) is 0 Å². The third kappa shape index (κ3) is 4.91. The molecule has 0 aliphatic rings. The Morgan fingerprint density at radius 3 is 2.80 bits per heavy atom.